The minimum absolute atomic E-state index is 0.132. The van der Waals surface area contributed by atoms with Crippen molar-refractivity contribution in [3.8, 4) is 11.5 Å². The summed E-state index contributed by atoms with van der Waals surface area (Å²) in [5, 5.41) is 16.9. The topological polar surface area (TPSA) is 62.1 Å². The molecule has 4 rings (SSSR count). The number of hydrogen-bond donors (Lipinski definition) is 1. The number of benzene rings is 3. The van der Waals surface area contributed by atoms with Crippen molar-refractivity contribution >= 4 is 23.2 Å². The summed E-state index contributed by atoms with van der Waals surface area (Å²) in [7, 11) is 1.61. The normalized spacial score (nSPS) is 15.9. The predicted molar refractivity (Wildman–Crippen MR) is 113 cm³/mol. The summed E-state index contributed by atoms with van der Waals surface area (Å²) >= 11 is 6.07. The zero-order valence-corrected chi connectivity index (χ0v) is 16.5. The van der Waals surface area contributed by atoms with Crippen molar-refractivity contribution in [2.24, 2.45) is 5.10 Å². The number of methoxy groups -OCH3 is 1. The van der Waals surface area contributed by atoms with Crippen LogP contribution in [0.5, 0.6) is 11.5 Å². The first kappa shape index (κ1) is 19.0. The first-order valence-electron chi connectivity index (χ1n) is 9.16. The Kier molecular flexibility index (Phi) is 5.23. The van der Waals surface area contributed by atoms with Gasteiger partial charge in [0.25, 0.3) is 5.91 Å². The molecule has 1 unspecified atom stereocenters. The van der Waals surface area contributed by atoms with Crippen LogP contribution in [0.25, 0.3) is 0 Å². The summed E-state index contributed by atoms with van der Waals surface area (Å²) in [4.78, 5) is 13.2. The van der Waals surface area contributed by atoms with Gasteiger partial charge >= 0.3 is 0 Å². The molecular formula is C23H19ClN2O3. The molecule has 0 saturated heterocycles. The van der Waals surface area contributed by atoms with Crippen molar-refractivity contribution in [1.82, 2.24) is 5.01 Å². The van der Waals surface area contributed by atoms with Crippen molar-refractivity contribution < 1.29 is 14.6 Å². The Hall–Kier alpha value is -3.31. The van der Waals surface area contributed by atoms with Crippen LogP contribution in [0, 0.1) is 0 Å². The van der Waals surface area contributed by atoms with E-state index in [1.165, 1.54) is 5.01 Å². The Morgan fingerprint density at radius 1 is 1.10 bits per heavy atom. The third-order valence-corrected chi connectivity index (χ3v) is 5.14. The summed E-state index contributed by atoms with van der Waals surface area (Å²) in [5.74, 6) is 0.605. The minimum Gasteiger partial charge on any atom is -0.508 e. The highest BCUT2D eigenvalue weighted by atomic mass is 35.5. The lowest BCUT2D eigenvalue weighted by Crippen LogP contribution is -2.27. The van der Waals surface area contributed by atoms with Crippen LogP contribution in [-0.2, 0) is 0 Å². The highest BCUT2D eigenvalue weighted by molar-refractivity contribution is 6.31. The highest BCUT2D eigenvalue weighted by Crippen LogP contribution is 2.38. The molecule has 1 aliphatic heterocycles. The van der Waals surface area contributed by atoms with E-state index < -0.39 is 6.04 Å². The first-order chi connectivity index (χ1) is 14.1. The molecule has 29 heavy (non-hydrogen) atoms. The molecular weight excluding hydrogens is 388 g/mol. The molecule has 0 fully saturated rings. The van der Waals surface area contributed by atoms with Crippen molar-refractivity contribution in [3.05, 3.63) is 94.5 Å². The van der Waals surface area contributed by atoms with Gasteiger partial charge in [0, 0.05) is 22.6 Å². The predicted octanol–water partition coefficient (Wildman–Crippen LogP) is 5.05. The molecule has 3 aromatic rings. The number of nitrogens with zero attached hydrogens (tertiary/aromatic N) is 2. The lowest BCUT2D eigenvalue weighted by atomic mass is 9.97. The summed E-state index contributed by atoms with van der Waals surface area (Å²) < 4.78 is 5.22. The number of halogens is 1. The first-order valence-corrected chi connectivity index (χ1v) is 9.53. The van der Waals surface area contributed by atoms with Gasteiger partial charge in [-0.25, -0.2) is 5.01 Å². The third kappa shape index (κ3) is 3.82. The Morgan fingerprint density at radius 3 is 2.55 bits per heavy atom. The van der Waals surface area contributed by atoms with Crippen molar-refractivity contribution in [2.75, 3.05) is 7.11 Å². The van der Waals surface area contributed by atoms with Crippen LogP contribution in [0.2, 0.25) is 5.02 Å². The van der Waals surface area contributed by atoms with E-state index in [2.05, 4.69) is 5.10 Å². The summed E-state index contributed by atoms with van der Waals surface area (Å²) in [6.07, 6.45) is 0.482. The number of ether oxygens (including phenoxy) is 1. The summed E-state index contributed by atoms with van der Waals surface area (Å²) in [6.45, 7) is 0. The SMILES string of the molecule is COc1ccc(C2=NN(C(=O)c3cccc(Cl)c3)C(c3ccccc3O)C2)cc1. The second-order valence-electron chi connectivity index (χ2n) is 6.71. The van der Waals surface area contributed by atoms with Crippen LogP contribution < -0.4 is 4.74 Å². The molecule has 3 aromatic carbocycles. The Balaban J connectivity index is 1.74. The largest absolute Gasteiger partial charge is 0.508 e. The molecule has 146 valence electrons. The molecule has 0 radical (unpaired) electrons. The number of aromatic hydroxyl groups is 1. The smallest absolute Gasteiger partial charge is 0.274 e. The fourth-order valence-electron chi connectivity index (χ4n) is 3.42. The molecule has 6 heteroatoms. The lowest BCUT2D eigenvalue weighted by Gasteiger charge is -2.22. The number of para-hydroxylation sites is 1. The number of hydrogen-bond acceptors (Lipinski definition) is 4. The molecule has 1 N–H and O–H groups in total. The Bertz CT molecular complexity index is 1080. The van der Waals surface area contributed by atoms with E-state index in [4.69, 9.17) is 16.3 Å². The molecule has 0 bridgehead atoms. The fraction of sp³-hybridized carbons (Fsp3) is 0.130. The van der Waals surface area contributed by atoms with Gasteiger partial charge in [0.05, 0.1) is 18.9 Å². The monoisotopic (exact) mass is 406 g/mol. The number of carbonyl (C=O) groups is 1. The van der Waals surface area contributed by atoms with Crippen molar-refractivity contribution in [3.63, 3.8) is 0 Å². The molecule has 1 aliphatic rings. The summed E-state index contributed by atoms with van der Waals surface area (Å²) in [6, 6.07) is 20.9. The zero-order valence-electron chi connectivity index (χ0n) is 15.7. The second kappa shape index (κ2) is 7.97. The third-order valence-electron chi connectivity index (χ3n) is 4.91. The van der Waals surface area contributed by atoms with E-state index in [-0.39, 0.29) is 11.7 Å². The van der Waals surface area contributed by atoms with Gasteiger partial charge in [0.1, 0.15) is 11.5 Å². The van der Waals surface area contributed by atoms with Gasteiger partial charge < -0.3 is 9.84 Å². The second-order valence-corrected chi connectivity index (χ2v) is 7.15. The van der Waals surface area contributed by atoms with Crippen molar-refractivity contribution in [2.45, 2.75) is 12.5 Å². The molecule has 0 aliphatic carbocycles. The molecule has 0 saturated carbocycles. The molecule has 1 heterocycles. The average Bonchev–Trinajstić information content (AvgIpc) is 3.18. The fourth-order valence-corrected chi connectivity index (χ4v) is 3.61. The quantitative estimate of drug-likeness (QED) is 0.659. The highest BCUT2D eigenvalue weighted by Gasteiger charge is 2.35. The maximum atomic E-state index is 13.2. The molecule has 1 amide bonds. The number of hydrazone groups is 1. The van der Waals surface area contributed by atoms with E-state index >= 15 is 0 Å². The van der Waals surface area contributed by atoms with Gasteiger partial charge in [0.15, 0.2) is 0 Å². The van der Waals surface area contributed by atoms with E-state index in [9.17, 15) is 9.90 Å². The number of amides is 1. The van der Waals surface area contributed by atoms with E-state index in [1.807, 2.05) is 36.4 Å². The van der Waals surface area contributed by atoms with Crippen LogP contribution in [0.3, 0.4) is 0 Å². The standard InChI is InChI=1S/C23H19ClN2O3/c1-29-18-11-9-15(10-12-18)20-14-21(19-7-2-3-8-22(19)27)26(25-20)23(28)16-5-4-6-17(24)13-16/h2-13,21,27H,14H2,1H3. The van der Waals surface area contributed by atoms with E-state index in [0.29, 0.717) is 22.6 Å². The Labute approximate surface area is 173 Å². The molecule has 5 nitrogen and oxygen atoms in total. The maximum absolute atomic E-state index is 13.2. The van der Waals surface area contributed by atoms with Crippen LogP contribution in [0.1, 0.15) is 33.9 Å². The van der Waals surface area contributed by atoms with Crippen LogP contribution >= 0.6 is 11.6 Å². The zero-order chi connectivity index (χ0) is 20.4. The maximum Gasteiger partial charge on any atom is 0.274 e. The number of carbonyl (C=O) groups excluding carboxylic acids is 1. The molecule has 0 spiro atoms. The number of phenolic OH excluding ortho intramolecular Hbond substituents is 1. The van der Waals surface area contributed by atoms with Crippen LogP contribution in [0.15, 0.2) is 77.9 Å². The van der Waals surface area contributed by atoms with Gasteiger partial charge in [-0.2, -0.15) is 5.10 Å². The van der Waals surface area contributed by atoms with Crippen LogP contribution in [-0.4, -0.2) is 28.8 Å². The van der Waals surface area contributed by atoms with E-state index in [1.54, 1.807) is 43.5 Å². The average molecular weight is 407 g/mol. The van der Waals surface area contributed by atoms with Crippen molar-refractivity contribution in [1.29, 1.82) is 0 Å². The minimum atomic E-state index is -0.417. The van der Waals surface area contributed by atoms with Gasteiger partial charge in [-0.1, -0.05) is 35.9 Å². The number of phenols is 1. The summed E-state index contributed by atoms with van der Waals surface area (Å²) in [5.41, 5.74) is 2.75. The van der Waals surface area contributed by atoms with E-state index in [0.717, 1.165) is 17.0 Å². The Morgan fingerprint density at radius 2 is 1.86 bits per heavy atom. The van der Waals surface area contributed by atoms with Gasteiger partial charge in [-0.15, -0.1) is 0 Å². The number of rotatable bonds is 4. The van der Waals surface area contributed by atoms with Gasteiger partial charge in [-0.3, -0.25) is 4.79 Å². The van der Waals surface area contributed by atoms with Gasteiger partial charge in [-0.05, 0) is 54.1 Å². The molecule has 1 atom stereocenters. The van der Waals surface area contributed by atoms with Crippen LogP contribution in [0.4, 0.5) is 0 Å². The molecule has 0 aromatic heterocycles. The lowest BCUT2D eigenvalue weighted by molar-refractivity contribution is 0.0709. The van der Waals surface area contributed by atoms with Gasteiger partial charge in [0.2, 0.25) is 0 Å².